The van der Waals surface area contributed by atoms with E-state index in [1.807, 2.05) is 0 Å². The molecule has 0 aromatic heterocycles. The lowest BCUT2D eigenvalue weighted by molar-refractivity contribution is 0.112. The third-order valence-electron chi connectivity index (χ3n) is 2.08. The second kappa shape index (κ2) is 8.00. The van der Waals surface area contributed by atoms with Crippen molar-refractivity contribution in [3.63, 3.8) is 0 Å². The van der Waals surface area contributed by atoms with Gasteiger partial charge in [0.25, 0.3) is 0 Å². The molecular formula is C14H11ClFNO2. The number of carbonyl (C=O) groups excluding carboxylic acids is 1. The number of nitrogens with zero attached hydrogens (tertiary/aromatic N) is 1. The fourth-order valence-corrected chi connectivity index (χ4v) is 1.28. The molecule has 1 N–H and O–H groups in total. The molecule has 19 heavy (non-hydrogen) atoms. The normalized spacial score (nSPS) is 9.79. The minimum atomic E-state index is -0.319. The van der Waals surface area contributed by atoms with Gasteiger partial charge in [-0.1, -0.05) is 28.9 Å². The summed E-state index contributed by atoms with van der Waals surface area (Å²) in [6.07, 6.45) is 2.02. The van der Waals surface area contributed by atoms with Crippen molar-refractivity contribution in [1.29, 1.82) is 0 Å². The van der Waals surface area contributed by atoms with E-state index in [0.717, 1.165) is 5.56 Å². The molecule has 0 fully saturated rings. The molecular weight excluding hydrogens is 269 g/mol. The molecule has 2 aromatic rings. The molecule has 0 amide bonds. The van der Waals surface area contributed by atoms with Gasteiger partial charge in [0.15, 0.2) is 0 Å². The predicted octanol–water partition coefficient (Wildman–Crippen LogP) is 3.79. The van der Waals surface area contributed by atoms with Crippen LogP contribution in [-0.2, 0) is 0 Å². The van der Waals surface area contributed by atoms with Crippen molar-refractivity contribution in [2.75, 3.05) is 0 Å². The van der Waals surface area contributed by atoms with Gasteiger partial charge in [-0.05, 0) is 42.0 Å². The number of benzene rings is 2. The Bertz CT molecular complexity index is 538. The number of halogens is 2. The fraction of sp³-hybridized carbons (Fsp3) is 0. The lowest BCUT2D eigenvalue weighted by Crippen LogP contribution is -1.77. The summed E-state index contributed by atoms with van der Waals surface area (Å²) in [6.45, 7) is 0. The van der Waals surface area contributed by atoms with Crippen molar-refractivity contribution in [1.82, 2.24) is 0 Å². The number of hydrogen-bond acceptors (Lipinski definition) is 3. The van der Waals surface area contributed by atoms with Gasteiger partial charge in [-0.15, -0.1) is 0 Å². The molecule has 3 nitrogen and oxygen atoms in total. The highest BCUT2D eigenvalue weighted by atomic mass is 35.5. The summed E-state index contributed by atoms with van der Waals surface area (Å²) in [5.41, 5.74) is 1.32. The maximum atomic E-state index is 12.1. The van der Waals surface area contributed by atoms with E-state index < -0.39 is 0 Å². The van der Waals surface area contributed by atoms with E-state index in [2.05, 4.69) is 5.16 Å². The lowest BCUT2D eigenvalue weighted by atomic mass is 10.2. The molecule has 0 saturated heterocycles. The first-order valence-electron chi connectivity index (χ1n) is 5.29. The fourth-order valence-electron chi connectivity index (χ4n) is 1.16. The Balaban J connectivity index is 0.000000191. The van der Waals surface area contributed by atoms with Gasteiger partial charge in [0, 0.05) is 10.6 Å². The van der Waals surface area contributed by atoms with Crippen molar-refractivity contribution in [2.45, 2.75) is 0 Å². The molecule has 0 bridgehead atoms. The minimum absolute atomic E-state index is 0.319. The highest BCUT2D eigenvalue weighted by Gasteiger charge is 1.88. The van der Waals surface area contributed by atoms with Crippen LogP contribution in [0, 0.1) is 5.82 Å². The highest BCUT2D eigenvalue weighted by Crippen LogP contribution is 2.07. The SMILES string of the molecule is O/N=C\c1ccc(Cl)cc1.O=Cc1ccc(F)cc1. The van der Waals surface area contributed by atoms with Crippen LogP contribution in [0.15, 0.2) is 53.7 Å². The van der Waals surface area contributed by atoms with E-state index in [4.69, 9.17) is 16.8 Å². The van der Waals surface area contributed by atoms with Gasteiger partial charge < -0.3 is 5.21 Å². The third kappa shape index (κ3) is 5.79. The van der Waals surface area contributed by atoms with Gasteiger partial charge in [0.1, 0.15) is 12.1 Å². The van der Waals surface area contributed by atoms with E-state index in [1.54, 1.807) is 24.3 Å². The Morgan fingerprint density at radius 1 is 1.00 bits per heavy atom. The van der Waals surface area contributed by atoms with Crippen molar-refractivity contribution in [2.24, 2.45) is 5.16 Å². The zero-order chi connectivity index (χ0) is 14.1. The largest absolute Gasteiger partial charge is 0.411 e. The molecule has 5 heteroatoms. The van der Waals surface area contributed by atoms with Crippen molar-refractivity contribution < 1.29 is 14.4 Å². The van der Waals surface area contributed by atoms with Crippen LogP contribution < -0.4 is 0 Å². The van der Waals surface area contributed by atoms with Crippen LogP contribution in [0.4, 0.5) is 4.39 Å². The first kappa shape index (κ1) is 14.9. The predicted molar refractivity (Wildman–Crippen MR) is 72.6 cm³/mol. The maximum Gasteiger partial charge on any atom is 0.150 e. The molecule has 0 radical (unpaired) electrons. The summed E-state index contributed by atoms with van der Waals surface area (Å²) >= 11 is 5.60. The summed E-state index contributed by atoms with van der Waals surface area (Å²) in [5, 5.41) is 11.7. The zero-order valence-corrected chi connectivity index (χ0v) is 10.6. The molecule has 0 unspecified atom stereocenters. The van der Waals surface area contributed by atoms with Crippen LogP contribution in [0.2, 0.25) is 5.02 Å². The van der Waals surface area contributed by atoms with Gasteiger partial charge in [0.2, 0.25) is 0 Å². The van der Waals surface area contributed by atoms with Crippen molar-refractivity contribution >= 4 is 24.1 Å². The van der Waals surface area contributed by atoms with E-state index in [-0.39, 0.29) is 5.82 Å². The average Bonchev–Trinajstić information content (AvgIpc) is 2.43. The molecule has 0 atom stereocenters. The first-order chi connectivity index (χ1) is 9.15. The van der Waals surface area contributed by atoms with E-state index in [1.165, 1.54) is 30.5 Å². The Morgan fingerprint density at radius 2 is 1.53 bits per heavy atom. The van der Waals surface area contributed by atoms with Gasteiger partial charge in [-0.2, -0.15) is 0 Å². The van der Waals surface area contributed by atoms with E-state index in [0.29, 0.717) is 16.9 Å². The second-order valence-corrected chi connectivity index (χ2v) is 3.90. The summed E-state index contributed by atoms with van der Waals surface area (Å²) in [4.78, 5) is 10.00. The monoisotopic (exact) mass is 279 g/mol. The number of carbonyl (C=O) groups is 1. The van der Waals surface area contributed by atoms with Gasteiger partial charge in [0.05, 0.1) is 6.21 Å². The Labute approximate surface area is 114 Å². The van der Waals surface area contributed by atoms with Crippen LogP contribution in [0.1, 0.15) is 15.9 Å². The topological polar surface area (TPSA) is 49.7 Å². The van der Waals surface area contributed by atoms with Gasteiger partial charge in [-0.25, -0.2) is 4.39 Å². The molecule has 2 rings (SSSR count). The van der Waals surface area contributed by atoms with E-state index in [9.17, 15) is 9.18 Å². The summed E-state index contributed by atoms with van der Waals surface area (Å²) in [6, 6.07) is 12.4. The molecule has 0 saturated carbocycles. The van der Waals surface area contributed by atoms with Crippen LogP contribution in [0.25, 0.3) is 0 Å². The smallest absolute Gasteiger partial charge is 0.150 e. The quantitative estimate of drug-likeness (QED) is 0.393. The second-order valence-electron chi connectivity index (χ2n) is 3.47. The van der Waals surface area contributed by atoms with Crippen molar-refractivity contribution in [3.8, 4) is 0 Å². The van der Waals surface area contributed by atoms with Crippen molar-refractivity contribution in [3.05, 3.63) is 70.5 Å². The average molecular weight is 280 g/mol. The van der Waals surface area contributed by atoms with Crippen LogP contribution in [0.3, 0.4) is 0 Å². The summed E-state index contributed by atoms with van der Waals surface area (Å²) < 4.78 is 12.1. The number of rotatable bonds is 2. The molecule has 0 heterocycles. The minimum Gasteiger partial charge on any atom is -0.411 e. The number of hydrogen-bond donors (Lipinski definition) is 1. The van der Waals surface area contributed by atoms with Gasteiger partial charge in [-0.3, -0.25) is 4.79 Å². The van der Waals surface area contributed by atoms with Gasteiger partial charge >= 0.3 is 0 Å². The van der Waals surface area contributed by atoms with Crippen LogP contribution in [0.5, 0.6) is 0 Å². The van der Waals surface area contributed by atoms with Crippen LogP contribution in [-0.4, -0.2) is 17.7 Å². The molecule has 0 aliphatic carbocycles. The Kier molecular flexibility index (Phi) is 6.26. The summed E-state index contributed by atoms with van der Waals surface area (Å²) in [5.74, 6) is -0.319. The maximum absolute atomic E-state index is 12.1. The third-order valence-corrected chi connectivity index (χ3v) is 2.33. The number of oxime groups is 1. The molecule has 0 aliphatic rings. The molecule has 0 spiro atoms. The Hall–Kier alpha value is -2.20. The molecule has 98 valence electrons. The molecule has 0 aliphatic heterocycles. The zero-order valence-electron chi connectivity index (χ0n) is 9.83. The highest BCUT2D eigenvalue weighted by molar-refractivity contribution is 6.30. The molecule has 2 aromatic carbocycles. The first-order valence-corrected chi connectivity index (χ1v) is 5.67. The lowest BCUT2D eigenvalue weighted by Gasteiger charge is -1.89. The van der Waals surface area contributed by atoms with Crippen LogP contribution >= 0.6 is 11.6 Å². The number of aldehydes is 1. The summed E-state index contributed by atoms with van der Waals surface area (Å²) in [7, 11) is 0. The Morgan fingerprint density at radius 3 is 2.00 bits per heavy atom. The standard InChI is InChI=1S/C7H6ClNO.C7H5FO/c8-7-3-1-6(2-4-7)5-9-10;8-7-3-1-6(5-9)2-4-7/h1-5,10H;1-5H/b9-5-;. The van der Waals surface area contributed by atoms with E-state index >= 15 is 0 Å².